The van der Waals surface area contributed by atoms with Crippen molar-refractivity contribution in [1.29, 1.82) is 0 Å². The van der Waals surface area contributed by atoms with Gasteiger partial charge in [-0.15, -0.1) is 0 Å². The van der Waals surface area contributed by atoms with Crippen molar-refractivity contribution in [3.63, 3.8) is 0 Å². The molecule has 0 aromatic rings. The Balaban J connectivity index is 0. The van der Waals surface area contributed by atoms with Crippen LogP contribution in [0.4, 0.5) is 0 Å². The van der Waals surface area contributed by atoms with E-state index in [9.17, 15) is 0 Å². The van der Waals surface area contributed by atoms with Gasteiger partial charge in [0.2, 0.25) is 0 Å². The summed E-state index contributed by atoms with van der Waals surface area (Å²) in [5, 5.41) is 34.0. The van der Waals surface area contributed by atoms with Crippen LogP contribution in [0.25, 0.3) is 0 Å². The lowest BCUT2D eigenvalue weighted by molar-refractivity contribution is -0.0328. The maximum Gasteiger partial charge on any atom is 0.0627 e. The molecule has 0 rings (SSSR count). The highest BCUT2D eigenvalue weighted by atomic mass is 16.5. The molecule has 5 heteroatoms. The van der Waals surface area contributed by atoms with Gasteiger partial charge >= 0.3 is 0 Å². The van der Waals surface area contributed by atoms with E-state index < -0.39 is 31.8 Å². The van der Waals surface area contributed by atoms with Crippen molar-refractivity contribution >= 4 is 0 Å². The van der Waals surface area contributed by atoms with Crippen molar-refractivity contribution in [3.8, 4) is 0 Å². The SMILES string of the molecule is CCCCCCCCOCCCCCCCC.OCC(CO)(CO)CO. The molecule has 0 amide bonds. The molecule has 0 bridgehead atoms. The van der Waals surface area contributed by atoms with E-state index in [4.69, 9.17) is 25.2 Å². The number of rotatable bonds is 18. The van der Waals surface area contributed by atoms with Crippen molar-refractivity contribution in [1.82, 2.24) is 0 Å². The van der Waals surface area contributed by atoms with E-state index in [1.54, 1.807) is 0 Å². The average molecular weight is 379 g/mol. The van der Waals surface area contributed by atoms with Crippen molar-refractivity contribution < 1.29 is 25.2 Å². The van der Waals surface area contributed by atoms with Crippen LogP contribution < -0.4 is 0 Å². The Labute approximate surface area is 161 Å². The highest BCUT2D eigenvalue weighted by Crippen LogP contribution is 2.12. The molecule has 0 aromatic carbocycles. The molecule has 0 unspecified atom stereocenters. The zero-order valence-corrected chi connectivity index (χ0v) is 17.4. The lowest BCUT2D eigenvalue weighted by Crippen LogP contribution is -2.37. The predicted molar refractivity (Wildman–Crippen MR) is 108 cm³/mol. The Hall–Kier alpha value is -0.200. The molecule has 0 radical (unpaired) electrons. The minimum Gasteiger partial charge on any atom is -0.396 e. The van der Waals surface area contributed by atoms with Crippen molar-refractivity contribution in [3.05, 3.63) is 0 Å². The maximum atomic E-state index is 8.50. The molecule has 0 saturated carbocycles. The van der Waals surface area contributed by atoms with E-state index in [2.05, 4.69) is 13.8 Å². The van der Waals surface area contributed by atoms with Crippen LogP contribution in [0.2, 0.25) is 0 Å². The highest BCUT2D eigenvalue weighted by molar-refractivity contribution is 4.74. The van der Waals surface area contributed by atoms with Crippen LogP contribution >= 0.6 is 0 Å². The molecule has 4 N–H and O–H groups in total. The summed E-state index contributed by atoms with van der Waals surface area (Å²) in [6, 6.07) is 0. The third kappa shape index (κ3) is 18.6. The molecule has 0 aliphatic carbocycles. The third-order valence-corrected chi connectivity index (χ3v) is 4.63. The summed E-state index contributed by atoms with van der Waals surface area (Å²) >= 11 is 0. The number of hydrogen-bond acceptors (Lipinski definition) is 5. The summed E-state index contributed by atoms with van der Waals surface area (Å²) in [6.45, 7) is 4.88. The van der Waals surface area contributed by atoms with Gasteiger partial charge in [-0.05, 0) is 12.8 Å². The van der Waals surface area contributed by atoms with Crippen molar-refractivity contribution in [2.45, 2.75) is 90.9 Å². The van der Waals surface area contributed by atoms with Gasteiger partial charge in [0.25, 0.3) is 0 Å². The molecular weight excluding hydrogens is 332 g/mol. The van der Waals surface area contributed by atoms with Gasteiger partial charge in [0, 0.05) is 13.2 Å². The van der Waals surface area contributed by atoms with Crippen LogP contribution in [0.3, 0.4) is 0 Å². The molecule has 5 nitrogen and oxygen atoms in total. The Morgan fingerprint density at radius 2 is 0.808 bits per heavy atom. The molecule has 26 heavy (non-hydrogen) atoms. The summed E-state index contributed by atoms with van der Waals surface area (Å²) < 4.78 is 5.65. The fourth-order valence-electron chi connectivity index (χ4n) is 2.37. The van der Waals surface area contributed by atoms with E-state index >= 15 is 0 Å². The van der Waals surface area contributed by atoms with Gasteiger partial charge in [-0.2, -0.15) is 0 Å². The number of hydrogen-bond donors (Lipinski definition) is 4. The van der Waals surface area contributed by atoms with Crippen LogP contribution in [0.1, 0.15) is 90.9 Å². The topological polar surface area (TPSA) is 90.2 Å². The molecule has 0 saturated heterocycles. The quantitative estimate of drug-likeness (QED) is 0.273. The first-order chi connectivity index (χ1) is 12.7. The van der Waals surface area contributed by atoms with Crippen LogP contribution in [-0.2, 0) is 4.74 Å². The van der Waals surface area contributed by atoms with Gasteiger partial charge in [0.05, 0.1) is 31.8 Å². The summed E-state index contributed by atoms with van der Waals surface area (Å²) in [6.07, 6.45) is 16.3. The fourth-order valence-corrected chi connectivity index (χ4v) is 2.37. The second-order valence-electron chi connectivity index (χ2n) is 7.28. The van der Waals surface area contributed by atoms with Gasteiger partial charge in [0.1, 0.15) is 0 Å². The fraction of sp³-hybridized carbons (Fsp3) is 1.00. The summed E-state index contributed by atoms with van der Waals surface area (Å²) in [5.41, 5.74) is -1.11. The standard InChI is InChI=1S/C16H34O.C5H12O4/c1-3-5-7-9-11-13-15-17-16-14-12-10-8-6-4-2;6-1-5(2-7,3-8)4-9/h3-16H2,1-2H3;6-9H,1-4H2. The van der Waals surface area contributed by atoms with E-state index in [0.29, 0.717) is 0 Å². The van der Waals surface area contributed by atoms with Crippen LogP contribution in [-0.4, -0.2) is 60.1 Å². The second kappa shape index (κ2) is 22.8. The summed E-state index contributed by atoms with van der Waals surface area (Å²) in [7, 11) is 0. The lowest BCUT2D eigenvalue weighted by Gasteiger charge is -2.23. The van der Waals surface area contributed by atoms with Gasteiger partial charge < -0.3 is 25.2 Å². The first-order valence-corrected chi connectivity index (χ1v) is 10.7. The minimum atomic E-state index is -1.11. The molecule has 0 heterocycles. The maximum absolute atomic E-state index is 8.50. The predicted octanol–water partition coefficient (Wildman–Crippen LogP) is 3.67. The van der Waals surface area contributed by atoms with E-state index in [1.807, 2.05) is 0 Å². The Bertz CT molecular complexity index is 213. The highest BCUT2D eigenvalue weighted by Gasteiger charge is 2.26. The first kappa shape index (κ1) is 28.0. The largest absolute Gasteiger partial charge is 0.396 e. The number of unbranched alkanes of at least 4 members (excludes halogenated alkanes) is 10. The van der Waals surface area contributed by atoms with E-state index in [0.717, 1.165) is 13.2 Å². The van der Waals surface area contributed by atoms with Gasteiger partial charge in [-0.3, -0.25) is 0 Å². The lowest BCUT2D eigenvalue weighted by atomic mass is 9.93. The van der Waals surface area contributed by atoms with Crippen LogP contribution in [0.15, 0.2) is 0 Å². The molecule has 0 atom stereocenters. The molecule has 0 aliphatic rings. The molecular formula is C21H46O5. The van der Waals surface area contributed by atoms with Crippen molar-refractivity contribution in [2.75, 3.05) is 39.6 Å². The zero-order chi connectivity index (χ0) is 19.9. The molecule has 0 spiro atoms. The normalized spacial score (nSPS) is 11.3. The average Bonchev–Trinajstić information content (AvgIpc) is 2.68. The van der Waals surface area contributed by atoms with Crippen LogP contribution in [0, 0.1) is 5.41 Å². The Morgan fingerprint density at radius 1 is 0.500 bits per heavy atom. The second-order valence-corrected chi connectivity index (χ2v) is 7.28. The molecule has 0 aromatic heterocycles. The van der Waals surface area contributed by atoms with E-state index in [-0.39, 0.29) is 0 Å². The number of aliphatic hydroxyl groups excluding tert-OH is 4. The van der Waals surface area contributed by atoms with Gasteiger partial charge in [-0.1, -0.05) is 78.1 Å². The Kier molecular flexibility index (Phi) is 24.6. The zero-order valence-electron chi connectivity index (χ0n) is 17.4. The third-order valence-electron chi connectivity index (χ3n) is 4.63. The summed E-state index contributed by atoms with van der Waals surface area (Å²) in [5.74, 6) is 0. The Morgan fingerprint density at radius 3 is 1.08 bits per heavy atom. The van der Waals surface area contributed by atoms with E-state index in [1.165, 1.54) is 77.0 Å². The summed E-state index contributed by atoms with van der Waals surface area (Å²) in [4.78, 5) is 0. The number of ether oxygens (including phenoxy) is 1. The first-order valence-electron chi connectivity index (χ1n) is 10.7. The monoisotopic (exact) mass is 378 g/mol. The molecule has 0 aliphatic heterocycles. The molecule has 160 valence electrons. The molecule has 0 fully saturated rings. The van der Waals surface area contributed by atoms with Crippen molar-refractivity contribution in [2.24, 2.45) is 5.41 Å². The van der Waals surface area contributed by atoms with Crippen LogP contribution in [0.5, 0.6) is 0 Å². The smallest absolute Gasteiger partial charge is 0.0627 e. The van der Waals surface area contributed by atoms with Gasteiger partial charge in [-0.25, -0.2) is 0 Å². The minimum absolute atomic E-state index is 0.406. The number of aliphatic hydroxyl groups is 4. The van der Waals surface area contributed by atoms with Gasteiger partial charge in [0.15, 0.2) is 0 Å².